The summed E-state index contributed by atoms with van der Waals surface area (Å²) in [7, 11) is 0. The minimum Gasteiger partial charge on any atom is -0.380 e. The quantitative estimate of drug-likeness (QED) is 0.618. The highest BCUT2D eigenvalue weighted by molar-refractivity contribution is 9.10. The van der Waals surface area contributed by atoms with Crippen LogP contribution in [0.1, 0.15) is 5.56 Å². The zero-order chi connectivity index (χ0) is 14.1. The van der Waals surface area contributed by atoms with E-state index in [1.807, 2.05) is 11.4 Å². The van der Waals surface area contributed by atoms with E-state index in [0.717, 1.165) is 20.4 Å². The summed E-state index contributed by atoms with van der Waals surface area (Å²) in [5.41, 5.74) is 2.29. The molecule has 20 heavy (non-hydrogen) atoms. The molecule has 0 aliphatic heterocycles. The molecule has 3 rings (SSSR count). The lowest BCUT2D eigenvalue weighted by Gasteiger charge is -2.09. The van der Waals surface area contributed by atoms with Crippen LogP contribution in [0.3, 0.4) is 0 Å². The van der Waals surface area contributed by atoms with Crippen molar-refractivity contribution in [1.29, 1.82) is 0 Å². The molecule has 0 aliphatic rings. The summed E-state index contributed by atoms with van der Waals surface area (Å²) in [6.45, 7) is 0.400. The molecule has 3 aromatic rings. The van der Waals surface area contributed by atoms with Crippen molar-refractivity contribution in [2.24, 2.45) is 0 Å². The van der Waals surface area contributed by atoms with Gasteiger partial charge in [-0.25, -0.2) is 9.37 Å². The maximum Gasteiger partial charge on any atom is 0.131 e. The van der Waals surface area contributed by atoms with Gasteiger partial charge in [0, 0.05) is 23.6 Å². The minimum absolute atomic E-state index is 0.219. The Morgan fingerprint density at radius 2 is 2.15 bits per heavy atom. The number of halogens is 3. The van der Waals surface area contributed by atoms with Crippen molar-refractivity contribution in [3.05, 3.63) is 56.7 Å². The molecule has 0 aliphatic carbocycles. The van der Waals surface area contributed by atoms with Crippen LogP contribution in [-0.2, 0) is 6.54 Å². The van der Waals surface area contributed by atoms with Crippen molar-refractivity contribution in [3.8, 4) is 0 Å². The number of anilines is 1. The first kappa shape index (κ1) is 13.8. The predicted molar refractivity (Wildman–Crippen MR) is 86.1 cm³/mol. The summed E-state index contributed by atoms with van der Waals surface area (Å²) in [6.07, 6.45) is 0. The molecule has 102 valence electrons. The maximum absolute atomic E-state index is 13.6. The fourth-order valence-corrected chi connectivity index (χ4v) is 3.66. The van der Waals surface area contributed by atoms with Crippen LogP contribution >= 0.6 is 38.9 Å². The van der Waals surface area contributed by atoms with E-state index in [4.69, 9.17) is 11.6 Å². The number of rotatable bonds is 3. The lowest BCUT2D eigenvalue weighted by atomic mass is 10.2. The number of nitrogens with one attached hydrogen (secondary N) is 1. The van der Waals surface area contributed by atoms with Crippen LogP contribution in [0.5, 0.6) is 0 Å². The van der Waals surface area contributed by atoms with Gasteiger partial charge in [0.15, 0.2) is 0 Å². The van der Waals surface area contributed by atoms with Crippen molar-refractivity contribution >= 4 is 54.8 Å². The van der Waals surface area contributed by atoms with Crippen LogP contribution < -0.4 is 5.32 Å². The lowest BCUT2D eigenvalue weighted by Crippen LogP contribution is -2.02. The Labute approximate surface area is 132 Å². The smallest absolute Gasteiger partial charge is 0.131 e. The zero-order valence-corrected chi connectivity index (χ0v) is 13.3. The number of fused-ring (bicyclic) bond motifs is 1. The molecule has 0 saturated heterocycles. The topological polar surface area (TPSA) is 24.9 Å². The van der Waals surface area contributed by atoms with Gasteiger partial charge in [-0.1, -0.05) is 29.8 Å². The Balaban J connectivity index is 1.93. The average molecular weight is 372 g/mol. The SMILES string of the molecule is Fc1ccccc1CNc1cc(Cl)nc2c(Br)csc12. The second-order valence-corrected chi connectivity index (χ2v) is 6.32. The number of thiophene rings is 1. The van der Waals surface area contributed by atoms with Crippen LogP contribution in [0.25, 0.3) is 10.2 Å². The monoisotopic (exact) mass is 370 g/mol. The maximum atomic E-state index is 13.6. The van der Waals surface area contributed by atoms with E-state index in [2.05, 4.69) is 26.2 Å². The molecule has 1 aromatic carbocycles. The van der Waals surface area contributed by atoms with Gasteiger partial charge in [0.25, 0.3) is 0 Å². The average Bonchev–Trinajstić information content (AvgIpc) is 2.79. The first-order valence-corrected chi connectivity index (χ1v) is 7.91. The molecule has 0 amide bonds. The lowest BCUT2D eigenvalue weighted by molar-refractivity contribution is 0.613. The Morgan fingerprint density at radius 3 is 2.95 bits per heavy atom. The Kier molecular flexibility index (Phi) is 3.92. The summed E-state index contributed by atoms with van der Waals surface area (Å²) in [5.74, 6) is -0.219. The van der Waals surface area contributed by atoms with Crippen molar-refractivity contribution in [3.63, 3.8) is 0 Å². The van der Waals surface area contributed by atoms with E-state index in [0.29, 0.717) is 17.3 Å². The van der Waals surface area contributed by atoms with Crippen LogP contribution in [-0.4, -0.2) is 4.98 Å². The Hall–Kier alpha value is -1.17. The van der Waals surface area contributed by atoms with Gasteiger partial charge in [0.05, 0.1) is 20.4 Å². The summed E-state index contributed by atoms with van der Waals surface area (Å²) >= 11 is 11.0. The van der Waals surface area contributed by atoms with E-state index in [9.17, 15) is 4.39 Å². The standard InChI is InChI=1S/C14H9BrClFN2S/c15-9-7-20-14-11(5-12(16)19-13(9)14)18-6-8-3-1-2-4-10(8)17/h1-5,7H,6H2,(H,18,19). The highest BCUT2D eigenvalue weighted by Crippen LogP contribution is 2.35. The molecule has 0 saturated carbocycles. The number of pyridine rings is 1. The molecule has 0 spiro atoms. The fourth-order valence-electron chi connectivity index (χ4n) is 1.91. The fraction of sp³-hybridized carbons (Fsp3) is 0.0714. The van der Waals surface area contributed by atoms with Crippen molar-refractivity contribution in [2.75, 3.05) is 5.32 Å². The first-order valence-electron chi connectivity index (χ1n) is 5.85. The second-order valence-electron chi connectivity index (χ2n) is 4.20. The van der Waals surface area contributed by atoms with E-state index in [1.54, 1.807) is 29.5 Å². The van der Waals surface area contributed by atoms with Crippen molar-refractivity contribution in [2.45, 2.75) is 6.54 Å². The van der Waals surface area contributed by atoms with Crippen LogP contribution in [0, 0.1) is 5.82 Å². The van der Waals surface area contributed by atoms with Crippen LogP contribution in [0.15, 0.2) is 40.2 Å². The van der Waals surface area contributed by atoms with Gasteiger partial charge >= 0.3 is 0 Å². The normalized spacial score (nSPS) is 10.9. The number of hydrogen-bond donors (Lipinski definition) is 1. The third-order valence-corrected chi connectivity index (χ3v) is 4.98. The minimum atomic E-state index is -0.219. The van der Waals surface area contributed by atoms with Gasteiger partial charge in [0.2, 0.25) is 0 Å². The first-order chi connectivity index (χ1) is 9.65. The van der Waals surface area contributed by atoms with E-state index in [1.165, 1.54) is 6.07 Å². The molecule has 0 unspecified atom stereocenters. The summed E-state index contributed by atoms with van der Waals surface area (Å²) < 4.78 is 15.5. The number of nitrogens with zero attached hydrogens (tertiary/aromatic N) is 1. The van der Waals surface area contributed by atoms with E-state index in [-0.39, 0.29) is 5.82 Å². The van der Waals surface area contributed by atoms with Gasteiger partial charge in [0.1, 0.15) is 11.0 Å². The molecule has 2 aromatic heterocycles. The van der Waals surface area contributed by atoms with Gasteiger partial charge in [-0.2, -0.15) is 0 Å². The van der Waals surface area contributed by atoms with Crippen LogP contribution in [0.4, 0.5) is 10.1 Å². The molecule has 6 heteroatoms. The van der Waals surface area contributed by atoms with Crippen molar-refractivity contribution in [1.82, 2.24) is 4.98 Å². The molecule has 0 radical (unpaired) electrons. The molecule has 0 atom stereocenters. The predicted octanol–water partition coefficient (Wildman–Crippen LogP) is 5.46. The molecule has 0 bridgehead atoms. The van der Waals surface area contributed by atoms with Gasteiger partial charge < -0.3 is 5.32 Å². The third-order valence-electron chi connectivity index (χ3n) is 2.88. The summed E-state index contributed by atoms with van der Waals surface area (Å²) in [6, 6.07) is 8.46. The number of hydrogen-bond acceptors (Lipinski definition) is 3. The third kappa shape index (κ3) is 2.66. The molecule has 0 fully saturated rings. The molecule has 2 nitrogen and oxygen atoms in total. The van der Waals surface area contributed by atoms with Gasteiger partial charge in [-0.05, 0) is 22.0 Å². The molecular weight excluding hydrogens is 363 g/mol. The number of aromatic nitrogens is 1. The van der Waals surface area contributed by atoms with Gasteiger partial charge in [-0.15, -0.1) is 11.3 Å². The Morgan fingerprint density at radius 1 is 1.35 bits per heavy atom. The summed E-state index contributed by atoms with van der Waals surface area (Å²) in [4.78, 5) is 4.28. The Bertz CT molecular complexity index is 775. The van der Waals surface area contributed by atoms with E-state index >= 15 is 0 Å². The summed E-state index contributed by atoms with van der Waals surface area (Å²) in [5, 5.41) is 5.59. The zero-order valence-electron chi connectivity index (χ0n) is 10.2. The highest BCUT2D eigenvalue weighted by Gasteiger charge is 2.10. The van der Waals surface area contributed by atoms with Crippen LogP contribution in [0.2, 0.25) is 5.15 Å². The molecular formula is C14H9BrClFN2S. The largest absolute Gasteiger partial charge is 0.380 e. The number of benzene rings is 1. The highest BCUT2D eigenvalue weighted by atomic mass is 79.9. The van der Waals surface area contributed by atoms with Crippen molar-refractivity contribution < 1.29 is 4.39 Å². The molecule has 1 N–H and O–H groups in total. The molecule has 2 heterocycles. The van der Waals surface area contributed by atoms with Gasteiger partial charge in [-0.3, -0.25) is 0 Å². The second kappa shape index (κ2) is 5.68. The van der Waals surface area contributed by atoms with E-state index < -0.39 is 0 Å².